The van der Waals surface area contributed by atoms with Crippen LogP contribution < -0.4 is 4.74 Å². The van der Waals surface area contributed by atoms with E-state index in [2.05, 4.69) is 46.5 Å². The second-order valence-electron chi connectivity index (χ2n) is 6.46. The summed E-state index contributed by atoms with van der Waals surface area (Å²) in [4.78, 5) is 9.58. The molecular weight excluding hydrogens is 382 g/mol. The average molecular weight is 402 g/mol. The second-order valence-corrected chi connectivity index (χ2v) is 7.38. The SMILES string of the molecule is Cc1nc(-n2c(C)ccc2C)nc2c(O[C@H]3CCOC3)cc(Br)cc12. The Kier molecular flexibility index (Phi) is 4.25. The minimum atomic E-state index is 0.0753. The monoisotopic (exact) mass is 401 g/mol. The Hall–Kier alpha value is -1.92. The van der Waals surface area contributed by atoms with Crippen LogP contribution in [0.15, 0.2) is 28.7 Å². The zero-order chi connectivity index (χ0) is 17.6. The van der Waals surface area contributed by atoms with E-state index in [9.17, 15) is 0 Å². The van der Waals surface area contributed by atoms with E-state index in [1.165, 1.54) is 0 Å². The first-order valence-electron chi connectivity index (χ1n) is 8.40. The molecule has 0 spiro atoms. The van der Waals surface area contributed by atoms with Crippen molar-refractivity contribution >= 4 is 26.8 Å². The van der Waals surface area contributed by atoms with Crippen LogP contribution in [0.1, 0.15) is 23.5 Å². The molecule has 0 saturated carbocycles. The number of halogens is 1. The number of hydrogen-bond donors (Lipinski definition) is 0. The summed E-state index contributed by atoms with van der Waals surface area (Å²) in [6.45, 7) is 7.50. The van der Waals surface area contributed by atoms with Crippen LogP contribution in [0, 0.1) is 20.8 Å². The molecule has 3 aromatic rings. The first-order valence-corrected chi connectivity index (χ1v) is 9.20. The molecule has 1 aliphatic rings. The molecule has 0 N–H and O–H groups in total. The second kappa shape index (κ2) is 6.42. The van der Waals surface area contributed by atoms with Gasteiger partial charge in [0, 0.05) is 27.7 Å². The Balaban J connectivity index is 1.89. The quantitative estimate of drug-likeness (QED) is 0.657. The van der Waals surface area contributed by atoms with Crippen LogP contribution in [-0.4, -0.2) is 33.9 Å². The molecule has 1 fully saturated rings. The number of ether oxygens (including phenoxy) is 2. The zero-order valence-corrected chi connectivity index (χ0v) is 16.1. The highest BCUT2D eigenvalue weighted by molar-refractivity contribution is 9.10. The number of nitrogens with zero attached hydrogens (tertiary/aromatic N) is 3. The molecule has 2 aromatic heterocycles. The van der Waals surface area contributed by atoms with Crippen molar-refractivity contribution in [1.29, 1.82) is 0 Å². The summed E-state index contributed by atoms with van der Waals surface area (Å²) in [6, 6.07) is 8.17. The zero-order valence-electron chi connectivity index (χ0n) is 14.5. The summed E-state index contributed by atoms with van der Waals surface area (Å²) in [7, 11) is 0. The van der Waals surface area contributed by atoms with Crippen LogP contribution in [0.25, 0.3) is 16.9 Å². The minimum Gasteiger partial charge on any atom is -0.486 e. The molecule has 0 radical (unpaired) electrons. The Morgan fingerprint density at radius 2 is 1.92 bits per heavy atom. The van der Waals surface area contributed by atoms with Gasteiger partial charge in [-0.1, -0.05) is 15.9 Å². The fourth-order valence-electron chi connectivity index (χ4n) is 3.26. The van der Waals surface area contributed by atoms with E-state index in [0.29, 0.717) is 12.6 Å². The molecule has 1 aromatic carbocycles. The number of hydrogen-bond acceptors (Lipinski definition) is 4. The van der Waals surface area contributed by atoms with Gasteiger partial charge in [0.2, 0.25) is 5.95 Å². The highest BCUT2D eigenvalue weighted by Gasteiger charge is 2.20. The molecule has 130 valence electrons. The van der Waals surface area contributed by atoms with Gasteiger partial charge in [-0.05, 0) is 45.0 Å². The topological polar surface area (TPSA) is 49.2 Å². The van der Waals surface area contributed by atoms with Gasteiger partial charge in [-0.15, -0.1) is 0 Å². The maximum absolute atomic E-state index is 6.20. The van der Waals surface area contributed by atoms with E-state index in [0.717, 1.165) is 51.2 Å². The maximum atomic E-state index is 6.20. The van der Waals surface area contributed by atoms with Gasteiger partial charge in [-0.2, -0.15) is 0 Å². The highest BCUT2D eigenvalue weighted by atomic mass is 79.9. The lowest BCUT2D eigenvalue weighted by Gasteiger charge is -2.16. The summed E-state index contributed by atoms with van der Waals surface area (Å²) in [5.41, 5.74) is 3.99. The Bertz CT molecular complexity index is 926. The molecular formula is C19H20BrN3O2. The van der Waals surface area contributed by atoms with Gasteiger partial charge in [0.15, 0.2) is 0 Å². The fraction of sp³-hybridized carbons (Fsp3) is 0.368. The van der Waals surface area contributed by atoms with Gasteiger partial charge in [-0.3, -0.25) is 4.57 Å². The largest absolute Gasteiger partial charge is 0.486 e. The van der Waals surface area contributed by atoms with Gasteiger partial charge in [0.25, 0.3) is 0 Å². The van der Waals surface area contributed by atoms with Crippen molar-refractivity contribution in [3.63, 3.8) is 0 Å². The van der Waals surface area contributed by atoms with Crippen LogP contribution in [-0.2, 0) is 4.74 Å². The summed E-state index contributed by atoms with van der Waals surface area (Å²) in [6.07, 6.45) is 0.979. The molecule has 0 unspecified atom stereocenters. The molecule has 0 bridgehead atoms. The molecule has 25 heavy (non-hydrogen) atoms. The lowest BCUT2D eigenvalue weighted by Crippen LogP contribution is -2.16. The first kappa shape index (κ1) is 16.5. The number of benzene rings is 1. The van der Waals surface area contributed by atoms with Crippen molar-refractivity contribution in [2.24, 2.45) is 0 Å². The Morgan fingerprint density at radius 3 is 2.60 bits per heavy atom. The molecule has 1 atom stereocenters. The molecule has 6 heteroatoms. The van der Waals surface area contributed by atoms with E-state index < -0.39 is 0 Å². The smallest absolute Gasteiger partial charge is 0.235 e. The van der Waals surface area contributed by atoms with Crippen molar-refractivity contribution in [3.05, 3.63) is 45.8 Å². The summed E-state index contributed by atoms with van der Waals surface area (Å²) < 4.78 is 14.7. The molecule has 1 saturated heterocycles. The van der Waals surface area contributed by atoms with Gasteiger partial charge >= 0.3 is 0 Å². The third-order valence-corrected chi connectivity index (χ3v) is 5.02. The average Bonchev–Trinajstić information content (AvgIpc) is 3.18. The number of aryl methyl sites for hydroxylation is 3. The van der Waals surface area contributed by atoms with Crippen molar-refractivity contribution in [2.45, 2.75) is 33.3 Å². The van der Waals surface area contributed by atoms with Crippen LogP contribution >= 0.6 is 15.9 Å². The first-order chi connectivity index (χ1) is 12.0. The Morgan fingerprint density at radius 1 is 1.16 bits per heavy atom. The van der Waals surface area contributed by atoms with Crippen LogP contribution in [0.4, 0.5) is 0 Å². The van der Waals surface area contributed by atoms with E-state index in [1.807, 2.05) is 19.1 Å². The fourth-order valence-corrected chi connectivity index (χ4v) is 3.70. The van der Waals surface area contributed by atoms with Gasteiger partial charge in [0.05, 0.1) is 18.9 Å². The number of aromatic nitrogens is 3. The molecule has 0 amide bonds. The normalized spacial score (nSPS) is 17.4. The third kappa shape index (κ3) is 3.04. The summed E-state index contributed by atoms with van der Waals surface area (Å²) >= 11 is 3.58. The molecule has 5 nitrogen and oxygen atoms in total. The summed E-state index contributed by atoms with van der Waals surface area (Å²) in [5, 5.41) is 0.995. The van der Waals surface area contributed by atoms with E-state index in [4.69, 9.17) is 19.4 Å². The summed E-state index contributed by atoms with van der Waals surface area (Å²) in [5.74, 6) is 1.45. The van der Waals surface area contributed by atoms with Gasteiger partial charge in [0.1, 0.15) is 17.4 Å². The van der Waals surface area contributed by atoms with E-state index in [1.54, 1.807) is 0 Å². The van der Waals surface area contributed by atoms with Crippen molar-refractivity contribution in [1.82, 2.24) is 14.5 Å². The minimum absolute atomic E-state index is 0.0753. The van der Waals surface area contributed by atoms with Crippen LogP contribution in [0.2, 0.25) is 0 Å². The molecule has 0 aliphatic carbocycles. The molecule has 4 rings (SSSR count). The lowest BCUT2D eigenvalue weighted by molar-refractivity contribution is 0.142. The van der Waals surface area contributed by atoms with E-state index in [-0.39, 0.29) is 6.10 Å². The Labute approximate surface area is 155 Å². The number of rotatable bonds is 3. The van der Waals surface area contributed by atoms with Crippen molar-refractivity contribution in [2.75, 3.05) is 13.2 Å². The molecule has 3 heterocycles. The van der Waals surface area contributed by atoms with E-state index >= 15 is 0 Å². The van der Waals surface area contributed by atoms with Crippen LogP contribution in [0.5, 0.6) is 5.75 Å². The number of fused-ring (bicyclic) bond motifs is 1. The maximum Gasteiger partial charge on any atom is 0.235 e. The lowest BCUT2D eigenvalue weighted by atomic mass is 10.2. The van der Waals surface area contributed by atoms with Crippen LogP contribution in [0.3, 0.4) is 0 Å². The van der Waals surface area contributed by atoms with Crippen molar-refractivity contribution < 1.29 is 9.47 Å². The predicted molar refractivity (Wildman–Crippen MR) is 101 cm³/mol. The standard InChI is InChI=1S/C19H20BrN3O2/c1-11-4-5-12(2)23(11)19-21-13(3)16-8-14(20)9-17(18(16)22-19)25-15-6-7-24-10-15/h4-5,8-9,15H,6-7,10H2,1-3H3/t15-/m0/s1. The highest BCUT2D eigenvalue weighted by Crippen LogP contribution is 2.32. The predicted octanol–water partition coefficient (Wildman–Crippen LogP) is 4.28. The van der Waals surface area contributed by atoms with Gasteiger partial charge < -0.3 is 9.47 Å². The molecule has 1 aliphatic heterocycles. The third-order valence-electron chi connectivity index (χ3n) is 4.56. The van der Waals surface area contributed by atoms with Gasteiger partial charge in [-0.25, -0.2) is 9.97 Å². The van der Waals surface area contributed by atoms with Crippen molar-refractivity contribution in [3.8, 4) is 11.7 Å².